The molecule has 0 amide bonds. The number of hydrogen-bond acceptors (Lipinski definition) is 4. The Balaban J connectivity index is 1.37. The zero-order valence-electron chi connectivity index (χ0n) is 18.5. The van der Waals surface area contributed by atoms with E-state index in [0.717, 1.165) is 63.8 Å². The molecule has 1 aromatic carbocycles. The molecule has 5 aromatic rings. The number of thiophene rings is 4. The van der Waals surface area contributed by atoms with Crippen LogP contribution in [0, 0.1) is 0 Å². The van der Waals surface area contributed by atoms with Crippen molar-refractivity contribution in [3.63, 3.8) is 0 Å². The Morgan fingerprint density at radius 3 is 1.69 bits per heavy atom. The summed E-state index contributed by atoms with van der Waals surface area (Å²) >= 11 is 24.3. The van der Waals surface area contributed by atoms with E-state index in [1.165, 1.54) is 23.0 Å². The van der Waals surface area contributed by atoms with Gasteiger partial charge in [0, 0.05) is 33.8 Å². The Bertz CT molecular complexity index is 1500. The first-order valence-electron chi connectivity index (χ1n) is 10.7. The fraction of sp³-hybridized carbons (Fsp3) is 0.120. The molecule has 186 valence electrons. The van der Waals surface area contributed by atoms with Gasteiger partial charge < -0.3 is 0 Å². The summed E-state index contributed by atoms with van der Waals surface area (Å²) in [4.78, 5) is 5.35. The Kier molecular flexibility index (Phi) is 7.53. The highest BCUT2D eigenvalue weighted by Gasteiger charge is 2.33. The van der Waals surface area contributed by atoms with Crippen molar-refractivity contribution in [2.45, 2.75) is 19.5 Å². The van der Waals surface area contributed by atoms with E-state index in [1.807, 2.05) is 18.2 Å². The number of rotatable bonds is 6. The lowest BCUT2D eigenvalue weighted by atomic mass is 10.1. The SMILES string of the molecule is CCc1cc([Si](Cl)(Cl)Cl)sc1-c1ccc(-c2ccc(-c3ccc(-c4ccc(C(F)(F)F)s4)s3)cc2)s1. The fourth-order valence-electron chi connectivity index (χ4n) is 3.70. The van der Waals surface area contributed by atoms with Crippen LogP contribution in [-0.2, 0) is 12.6 Å². The van der Waals surface area contributed by atoms with Gasteiger partial charge in [0.05, 0.1) is 0 Å². The molecule has 4 heterocycles. The quantitative estimate of drug-likeness (QED) is 0.129. The first-order valence-corrected chi connectivity index (χ1v) is 19.0. The largest absolute Gasteiger partial charge is 0.425 e. The lowest BCUT2D eigenvalue weighted by molar-refractivity contribution is -0.134. The van der Waals surface area contributed by atoms with Gasteiger partial charge in [-0.2, -0.15) is 13.2 Å². The van der Waals surface area contributed by atoms with Crippen LogP contribution in [0.3, 0.4) is 0 Å². The van der Waals surface area contributed by atoms with Crippen LogP contribution in [0.2, 0.25) is 0 Å². The van der Waals surface area contributed by atoms with E-state index < -0.39 is 17.1 Å². The maximum Gasteiger partial charge on any atom is 0.425 e. The lowest BCUT2D eigenvalue weighted by Gasteiger charge is -2.02. The topological polar surface area (TPSA) is 0 Å². The molecule has 0 nitrogen and oxygen atoms in total. The van der Waals surface area contributed by atoms with Gasteiger partial charge in [0.15, 0.2) is 0 Å². The Morgan fingerprint density at radius 1 is 0.667 bits per heavy atom. The number of aryl methyl sites for hydroxylation is 1. The van der Waals surface area contributed by atoms with Gasteiger partial charge in [-0.05, 0) is 65.6 Å². The average Bonchev–Trinajstić information content (AvgIpc) is 3.62. The molecule has 0 aliphatic carbocycles. The second-order valence-electron chi connectivity index (χ2n) is 7.88. The minimum atomic E-state index is -4.31. The molecule has 4 aromatic heterocycles. The fourth-order valence-corrected chi connectivity index (χ4v) is 10.5. The number of benzene rings is 1. The van der Waals surface area contributed by atoms with Crippen molar-refractivity contribution in [1.82, 2.24) is 0 Å². The van der Waals surface area contributed by atoms with Crippen molar-refractivity contribution in [3.8, 4) is 40.4 Å². The van der Waals surface area contributed by atoms with Crippen molar-refractivity contribution in [1.29, 1.82) is 0 Å². The molecule has 5 rings (SSSR count). The van der Waals surface area contributed by atoms with Crippen molar-refractivity contribution < 1.29 is 13.2 Å². The minimum Gasteiger partial charge on any atom is -0.165 e. The summed E-state index contributed by atoms with van der Waals surface area (Å²) in [6, 6.07) is 18.1. The van der Waals surface area contributed by atoms with Crippen molar-refractivity contribution >= 4 is 89.1 Å². The molecule has 0 saturated heterocycles. The highest BCUT2D eigenvalue weighted by atomic mass is 35.8. The normalized spacial score (nSPS) is 12.4. The number of alkyl halides is 3. The Hall–Kier alpha value is -1.10. The van der Waals surface area contributed by atoms with Gasteiger partial charge in [0.2, 0.25) is 0 Å². The number of hydrogen-bond donors (Lipinski definition) is 0. The van der Waals surface area contributed by atoms with Gasteiger partial charge >= 0.3 is 12.2 Å². The predicted octanol–water partition coefficient (Wildman–Crippen LogP) is 11.0. The van der Waals surface area contributed by atoms with E-state index >= 15 is 0 Å². The van der Waals surface area contributed by atoms with Gasteiger partial charge in [0.1, 0.15) is 4.88 Å². The van der Waals surface area contributed by atoms with Crippen molar-refractivity contribution in [2.24, 2.45) is 0 Å². The van der Waals surface area contributed by atoms with E-state index in [2.05, 4.69) is 43.3 Å². The molecule has 0 spiro atoms. The van der Waals surface area contributed by atoms with Crippen molar-refractivity contribution in [2.75, 3.05) is 0 Å². The van der Waals surface area contributed by atoms with Gasteiger partial charge in [-0.15, -0.1) is 78.6 Å². The van der Waals surface area contributed by atoms with Crippen LogP contribution in [0.5, 0.6) is 0 Å². The van der Waals surface area contributed by atoms with E-state index in [9.17, 15) is 13.2 Å². The van der Waals surface area contributed by atoms with Gasteiger partial charge in [0.25, 0.3) is 0 Å². The standard InChI is InChI=1S/C25H16Cl3F3S4Si/c1-2-14-13-23(36(26,27)28)35-24(14)21-10-8-18(33-21)16-5-3-15(4-6-16)17-7-9-19(32-17)20-11-12-22(34-20)25(29,30)31/h3-13H,2H2,1H3. The molecule has 0 aliphatic rings. The van der Waals surface area contributed by atoms with Crippen LogP contribution in [0.4, 0.5) is 13.2 Å². The smallest absolute Gasteiger partial charge is 0.165 e. The average molecular weight is 636 g/mol. The van der Waals surface area contributed by atoms with E-state index in [0.29, 0.717) is 4.88 Å². The summed E-state index contributed by atoms with van der Waals surface area (Å²) in [7, 11) is 0. The first-order chi connectivity index (χ1) is 17.0. The zero-order valence-corrected chi connectivity index (χ0v) is 25.0. The summed E-state index contributed by atoms with van der Waals surface area (Å²) in [6.45, 7) is 2.10. The van der Waals surface area contributed by atoms with Crippen LogP contribution in [0.1, 0.15) is 17.4 Å². The molecular weight excluding hydrogens is 620 g/mol. The third-order valence-electron chi connectivity index (χ3n) is 5.49. The molecule has 36 heavy (non-hydrogen) atoms. The highest BCUT2D eigenvalue weighted by Crippen LogP contribution is 2.43. The first kappa shape index (κ1) is 26.5. The lowest BCUT2D eigenvalue weighted by Crippen LogP contribution is -2.26. The maximum absolute atomic E-state index is 12.9. The summed E-state index contributed by atoms with van der Waals surface area (Å²) < 4.78 is 39.7. The molecule has 0 radical (unpaired) electrons. The summed E-state index contributed by atoms with van der Waals surface area (Å²) in [5.74, 6) is 0. The van der Waals surface area contributed by atoms with Gasteiger partial charge in [-0.1, -0.05) is 31.2 Å². The second kappa shape index (κ2) is 10.2. The van der Waals surface area contributed by atoms with Crippen LogP contribution < -0.4 is 4.50 Å². The van der Waals surface area contributed by atoms with Crippen LogP contribution in [0.25, 0.3) is 40.4 Å². The molecular formula is C25H16Cl3F3S4Si. The molecule has 0 bridgehead atoms. The Labute approximate surface area is 237 Å². The second-order valence-corrected chi connectivity index (χ2v) is 20.9. The summed E-state index contributed by atoms with van der Waals surface area (Å²) in [6.07, 6.45) is -3.44. The molecule has 0 atom stereocenters. The summed E-state index contributed by atoms with van der Waals surface area (Å²) in [5.41, 5.74) is 3.33. The highest BCUT2D eigenvalue weighted by molar-refractivity contribution is 7.73. The minimum absolute atomic E-state index is 0.577. The molecule has 0 fully saturated rings. The third kappa shape index (κ3) is 5.52. The molecule has 0 N–H and O–H groups in total. The molecule has 11 heteroatoms. The monoisotopic (exact) mass is 634 g/mol. The molecule has 0 aliphatic heterocycles. The predicted molar refractivity (Wildman–Crippen MR) is 157 cm³/mol. The Morgan fingerprint density at radius 2 is 1.17 bits per heavy atom. The molecule has 0 saturated carbocycles. The van der Waals surface area contributed by atoms with Crippen LogP contribution >= 0.6 is 78.6 Å². The van der Waals surface area contributed by atoms with Crippen LogP contribution in [-0.4, -0.2) is 6.00 Å². The zero-order chi connectivity index (χ0) is 25.7. The van der Waals surface area contributed by atoms with Gasteiger partial charge in [-0.25, -0.2) is 0 Å². The maximum atomic E-state index is 12.9. The van der Waals surface area contributed by atoms with E-state index in [1.54, 1.807) is 22.7 Å². The van der Waals surface area contributed by atoms with Crippen molar-refractivity contribution in [3.05, 3.63) is 77.2 Å². The summed E-state index contributed by atoms with van der Waals surface area (Å²) in [5, 5.41) is 0. The van der Waals surface area contributed by atoms with E-state index in [-0.39, 0.29) is 0 Å². The third-order valence-corrected chi connectivity index (χ3v) is 15.0. The molecule has 0 unspecified atom stereocenters. The number of halogens is 6. The van der Waals surface area contributed by atoms with Gasteiger partial charge in [-0.3, -0.25) is 0 Å². The van der Waals surface area contributed by atoms with E-state index in [4.69, 9.17) is 33.2 Å². The van der Waals surface area contributed by atoms with Crippen LogP contribution in [0.15, 0.2) is 66.7 Å².